The number of benzene rings is 1. The summed E-state index contributed by atoms with van der Waals surface area (Å²) >= 11 is 5.26. The lowest BCUT2D eigenvalue weighted by atomic mass is 10.1. The molecule has 0 bridgehead atoms. The van der Waals surface area contributed by atoms with Crippen molar-refractivity contribution in [3.05, 3.63) is 39.2 Å². The third-order valence-corrected chi connectivity index (χ3v) is 2.11. The lowest BCUT2D eigenvalue weighted by Gasteiger charge is -2.02. The van der Waals surface area contributed by atoms with Crippen molar-refractivity contribution < 1.29 is 14.1 Å². The molecule has 0 saturated carbocycles. The van der Waals surface area contributed by atoms with E-state index in [1.54, 1.807) is 0 Å². The van der Waals surface area contributed by atoms with E-state index in [9.17, 15) is 19.3 Å². The summed E-state index contributed by atoms with van der Waals surface area (Å²) in [5.41, 5.74) is -0.600. The van der Waals surface area contributed by atoms with E-state index in [1.807, 2.05) is 0 Å². The SMILES string of the molecule is Cc1cc([N+](=O)[O-])cc(C(=O)CCl)c1F. The number of hydrogen-bond acceptors (Lipinski definition) is 3. The summed E-state index contributed by atoms with van der Waals surface area (Å²) in [6, 6.07) is 1.97. The molecule has 0 heterocycles. The normalized spacial score (nSPS) is 10.1. The van der Waals surface area contributed by atoms with Gasteiger partial charge in [0, 0.05) is 12.1 Å². The van der Waals surface area contributed by atoms with Crippen molar-refractivity contribution in [1.82, 2.24) is 0 Å². The van der Waals surface area contributed by atoms with Gasteiger partial charge in [0.2, 0.25) is 0 Å². The number of alkyl halides is 1. The van der Waals surface area contributed by atoms with Gasteiger partial charge in [-0.15, -0.1) is 11.6 Å². The van der Waals surface area contributed by atoms with Crippen LogP contribution >= 0.6 is 11.6 Å². The quantitative estimate of drug-likeness (QED) is 0.347. The minimum atomic E-state index is -0.758. The highest BCUT2D eigenvalue weighted by molar-refractivity contribution is 6.30. The molecule has 0 radical (unpaired) electrons. The van der Waals surface area contributed by atoms with Crippen LogP contribution < -0.4 is 0 Å². The predicted octanol–water partition coefficient (Wildman–Crippen LogP) is 2.46. The molecule has 0 saturated heterocycles. The number of non-ortho nitro benzene ring substituents is 1. The molecule has 0 aromatic heterocycles. The van der Waals surface area contributed by atoms with Gasteiger partial charge in [0.15, 0.2) is 5.78 Å². The number of carbonyl (C=O) groups excluding carboxylic acids is 1. The summed E-state index contributed by atoms with van der Waals surface area (Å²) < 4.78 is 13.4. The lowest BCUT2D eigenvalue weighted by Crippen LogP contribution is -2.06. The van der Waals surface area contributed by atoms with Crippen molar-refractivity contribution >= 4 is 23.1 Å². The molecule has 0 unspecified atom stereocenters. The Morgan fingerprint density at radius 3 is 2.67 bits per heavy atom. The van der Waals surface area contributed by atoms with Gasteiger partial charge in [0.05, 0.1) is 16.4 Å². The van der Waals surface area contributed by atoms with Crippen LogP contribution in [0.4, 0.5) is 10.1 Å². The Morgan fingerprint density at radius 2 is 2.20 bits per heavy atom. The van der Waals surface area contributed by atoms with E-state index in [0.717, 1.165) is 12.1 Å². The van der Waals surface area contributed by atoms with Crippen molar-refractivity contribution in [3.8, 4) is 0 Å². The summed E-state index contributed by atoms with van der Waals surface area (Å²) in [5, 5.41) is 10.5. The standard InChI is InChI=1S/C9H7ClFNO3/c1-5-2-6(12(14)15)3-7(9(5)11)8(13)4-10/h2-3H,4H2,1H3. The van der Waals surface area contributed by atoms with Crippen LogP contribution in [0.15, 0.2) is 12.1 Å². The maximum atomic E-state index is 13.4. The zero-order valence-corrected chi connectivity index (χ0v) is 8.55. The summed E-state index contributed by atoms with van der Waals surface area (Å²) in [5.74, 6) is -1.83. The van der Waals surface area contributed by atoms with Gasteiger partial charge in [0.1, 0.15) is 5.82 Å². The van der Waals surface area contributed by atoms with Gasteiger partial charge >= 0.3 is 0 Å². The van der Waals surface area contributed by atoms with Crippen LogP contribution in [0.1, 0.15) is 15.9 Å². The number of Topliss-reactive ketones (excluding diaryl/α,β-unsaturated/α-hetero) is 1. The zero-order chi connectivity index (χ0) is 11.6. The van der Waals surface area contributed by atoms with E-state index >= 15 is 0 Å². The van der Waals surface area contributed by atoms with Gasteiger partial charge in [-0.3, -0.25) is 14.9 Å². The second-order valence-corrected chi connectivity index (χ2v) is 3.21. The number of nitrogens with zero attached hydrogens (tertiary/aromatic N) is 1. The van der Waals surface area contributed by atoms with Crippen LogP contribution in [0.2, 0.25) is 0 Å². The van der Waals surface area contributed by atoms with Gasteiger partial charge in [-0.2, -0.15) is 0 Å². The van der Waals surface area contributed by atoms with Crippen LogP contribution in [0.25, 0.3) is 0 Å². The molecule has 0 aliphatic rings. The molecule has 0 aliphatic heterocycles. The maximum Gasteiger partial charge on any atom is 0.270 e. The van der Waals surface area contributed by atoms with Gasteiger partial charge in [-0.1, -0.05) is 0 Å². The molecular formula is C9H7ClFNO3. The zero-order valence-electron chi connectivity index (χ0n) is 7.79. The van der Waals surface area contributed by atoms with Crippen LogP contribution in [0, 0.1) is 22.9 Å². The van der Waals surface area contributed by atoms with Crippen molar-refractivity contribution in [2.75, 3.05) is 5.88 Å². The molecule has 4 nitrogen and oxygen atoms in total. The summed E-state index contributed by atoms with van der Waals surface area (Å²) in [6.07, 6.45) is 0. The third-order valence-electron chi connectivity index (χ3n) is 1.87. The Morgan fingerprint density at radius 1 is 1.60 bits per heavy atom. The number of rotatable bonds is 3. The molecule has 0 amide bonds. The summed E-state index contributed by atoms with van der Waals surface area (Å²) in [6.45, 7) is 1.35. The number of carbonyl (C=O) groups is 1. The minimum absolute atomic E-state index is 0.0534. The number of aryl methyl sites for hydroxylation is 1. The molecule has 80 valence electrons. The fourth-order valence-electron chi connectivity index (χ4n) is 1.13. The number of ketones is 1. The smallest absolute Gasteiger partial charge is 0.270 e. The molecule has 0 N–H and O–H groups in total. The van der Waals surface area contributed by atoms with E-state index in [4.69, 9.17) is 11.6 Å². The van der Waals surface area contributed by atoms with Crippen molar-refractivity contribution in [2.24, 2.45) is 0 Å². The first-order chi connectivity index (χ1) is 6.97. The first-order valence-electron chi connectivity index (χ1n) is 4.01. The lowest BCUT2D eigenvalue weighted by molar-refractivity contribution is -0.385. The molecule has 0 fully saturated rings. The number of nitro groups is 1. The van der Waals surface area contributed by atoms with E-state index < -0.39 is 22.4 Å². The molecule has 1 aromatic rings. The second-order valence-electron chi connectivity index (χ2n) is 2.94. The highest BCUT2D eigenvalue weighted by Crippen LogP contribution is 2.21. The number of nitro benzene ring substituents is 1. The minimum Gasteiger partial charge on any atom is -0.293 e. The predicted molar refractivity (Wildman–Crippen MR) is 52.8 cm³/mol. The number of hydrogen-bond donors (Lipinski definition) is 0. The fraction of sp³-hybridized carbons (Fsp3) is 0.222. The highest BCUT2D eigenvalue weighted by Gasteiger charge is 2.18. The van der Waals surface area contributed by atoms with Gasteiger partial charge < -0.3 is 0 Å². The first kappa shape index (κ1) is 11.6. The number of halogens is 2. The van der Waals surface area contributed by atoms with Gasteiger partial charge in [-0.05, 0) is 12.5 Å². The average Bonchev–Trinajstić information content (AvgIpc) is 2.20. The first-order valence-corrected chi connectivity index (χ1v) is 4.54. The Kier molecular flexibility index (Phi) is 3.36. The van der Waals surface area contributed by atoms with Crippen LogP contribution in [0.3, 0.4) is 0 Å². The Labute approximate surface area is 89.8 Å². The monoisotopic (exact) mass is 231 g/mol. The van der Waals surface area contributed by atoms with Crippen molar-refractivity contribution in [3.63, 3.8) is 0 Å². The maximum absolute atomic E-state index is 13.4. The molecule has 0 atom stereocenters. The Bertz CT molecular complexity index is 434. The summed E-state index contributed by atoms with van der Waals surface area (Å²) in [4.78, 5) is 21.0. The van der Waals surface area contributed by atoms with Gasteiger partial charge in [-0.25, -0.2) is 4.39 Å². The van der Waals surface area contributed by atoms with Crippen LogP contribution in [-0.4, -0.2) is 16.6 Å². The van der Waals surface area contributed by atoms with E-state index in [2.05, 4.69) is 0 Å². The fourth-order valence-corrected chi connectivity index (χ4v) is 1.27. The van der Waals surface area contributed by atoms with Crippen LogP contribution in [-0.2, 0) is 0 Å². The average molecular weight is 232 g/mol. The molecular weight excluding hydrogens is 225 g/mol. The van der Waals surface area contributed by atoms with E-state index in [0.29, 0.717) is 0 Å². The van der Waals surface area contributed by atoms with Crippen molar-refractivity contribution in [1.29, 1.82) is 0 Å². The largest absolute Gasteiger partial charge is 0.293 e. The highest BCUT2D eigenvalue weighted by atomic mass is 35.5. The molecule has 15 heavy (non-hydrogen) atoms. The van der Waals surface area contributed by atoms with Crippen LogP contribution in [0.5, 0.6) is 0 Å². The molecule has 0 spiro atoms. The van der Waals surface area contributed by atoms with Crippen molar-refractivity contribution in [2.45, 2.75) is 6.92 Å². The topological polar surface area (TPSA) is 60.2 Å². The molecule has 1 rings (SSSR count). The Hall–Kier alpha value is -1.49. The molecule has 6 heteroatoms. The Balaban J connectivity index is 3.37. The van der Waals surface area contributed by atoms with E-state index in [-0.39, 0.29) is 16.8 Å². The van der Waals surface area contributed by atoms with E-state index in [1.165, 1.54) is 6.92 Å². The van der Waals surface area contributed by atoms with Gasteiger partial charge in [0.25, 0.3) is 5.69 Å². The third kappa shape index (κ3) is 2.30. The second kappa shape index (κ2) is 4.35. The molecule has 0 aliphatic carbocycles. The molecule has 1 aromatic carbocycles. The summed E-state index contributed by atoms with van der Waals surface area (Å²) in [7, 11) is 0.